The minimum atomic E-state index is -1.16. The zero-order valence-corrected chi connectivity index (χ0v) is 7.77. The molecular weight excluding hydrogens is 184 g/mol. The highest BCUT2D eigenvalue weighted by molar-refractivity contribution is 5.68. The van der Waals surface area contributed by atoms with Crippen LogP contribution in [0.4, 0.5) is 0 Å². The number of hydrogen-bond donors (Lipinski definition) is 3. The van der Waals surface area contributed by atoms with Crippen molar-refractivity contribution < 1.29 is 15.0 Å². The van der Waals surface area contributed by atoms with Crippen molar-refractivity contribution >= 4 is 5.97 Å². The molecule has 14 heavy (non-hydrogen) atoms. The van der Waals surface area contributed by atoms with Gasteiger partial charge < -0.3 is 15.9 Å². The second-order valence-electron chi connectivity index (χ2n) is 3.36. The van der Waals surface area contributed by atoms with Gasteiger partial charge >= 0.3 is 5.97 Å². The molecule has 4 N–H and O–H groups in total. The number of aliphatic carboxylic acids is 1. The molecular formula is C9H12N2O3. The van der Waals surface area contributed by atoms with Crippen LogP contribution in [0.3, 0.4) is 0 Å². The van der Waals surface area contributed by atoms with Crippen LogP contribution in [0.15, 0.2) is 18.3 Å². The average molecular weight is 196 g/mol. The molecule has 0 aliphatic rings. The molecule has 0 aromatic carbocycles. The van der Waals surface area contributed by atoms with Crippen molar-refractivity contribution in [2.45, 2.75) is 18.9 Å². The van der Waals surface area contributed by atoms with Crippen LogP contribution in [-0.4, -0.2) is 21.2 Å². The highest BCUT2D eigenvalue weighted by atomic mass is 16.4. The smallest absolute Gasteiger partial charge is 0.305 e. The Morgan fingerprint density at radius 1 is 1.71 bits per heavy atom. The van der Waals surface area contributed by atoms with Gasteiger partial charge in [0.25, 0.3) is 0 Å². The van der Waals surface area contributed by atoms with Gasteiger partial charge in [0.1, 0.15) is 11.4 Å². The van der Waals surface area contributed by atoms with Gasteiger partial charge in [-0.1, -0.05) is 0 Å². The molecule has 0 unspecified atom stereocenters. The van der Waals surface area contributed by atoms with Gasteiger partial charge in [0.15, 0.2) is 0 Å². The second-order valence-corrected chi connectivity index (χ2v) is 3.36. The summed E-state index contributed by atoms with van der Waals surface area (Å²) in [4.78, 5) is 14.4. The summed E-state index contributed by atoms with van der Waals surface area (Å²) >= 11 is 0. The molecule has 1 heterocycles. The summed E-state index contributed by atoms with van der Waals surface area (Å²) in [5, 5.41) is 18.0. The minimum absolute atomic E-state index is 0.0845. The highest BCUT2D eigenvalue weighted by Crippen LogP contribution is 2.26. The maximum absolute atomic E-state index is 10.5. The largest absolute Gasteiger partial charge is 0.506 e. The summed E-state index contributed by atoms with van der Waals surface area (Å²) in [6.07, 6.45) is 1.18. The number of nitrogens with zero attached hydrogens (tertiary/aromatic N) is 1. The molecule has 1 aromatic heterocycles. The van der Waals surface area contributed by atoms with E-state index in [1.54, 1.807) is 6.07 Å². The van der Waals surface area contributed by atoms with Crippen LogP contribution in [0.1, 0.15) is 19.0 Å². The number of rotatable bonds is 3. The van der Waals surface area contributed by atoms with E-state index in [0.29, 0.717) is 0 Å². The van der Waals surface area contributed by atoms with Crippen molar-refractivity contribution in [3.63, 3.8) is 0 Å². The summed E-state index contributed by atoms with van der Waals surface area (Å²) in [6.45, 7) is 1.52. The molecule has 1 aromatic rings. The Bertz CT molecular complexity index is 350. The molecule has 0 spiro atoms. The van der Waals surface area contributed by atoms with Crippen LogP contribution in [-0.2, 0) is 10.3 Å². The van der Waals surface area contributed by atoms with E-state index < -0.39 is 11.5 Å². The first-order valence-electron chi connectivity index (χ1n) is 4.08. The van der Waals surface area contributed by atoms with Gasteiger partial charge in [-0.3, -0.25) is 9.78 Å². The van der Waals surface area contributed by atoms with Gasteiger partial charge in [-0.15, -0.1) is 0 Å². The molecule has 0 aliphatic carbocycles. The number of pyridine rings is 1. The summed E-state index contributed by atoms with van der Waals surface area (Å²) in [7, 11) is 0. The molecule has 0 saturated heterocycles. The first-order valence-corrected chi connectivity index (χ1v) is 4.08. The number of aromatic nitrogens is 1. The lowest BCUT2D eigenvalue weighted by molar-refractivity contribution is -0.138. The maximum atomic E-state index is 10.5. The van der Waals surface area contributed by atoms with Gasteiger partial charge in [-0.05, 0) is 19.1 Å². The van der Waals surface area contributed by atoms with Crippen molar-refractivity contribution in [1.82, 2.24) is 4.98 Å². The highest BCUT2D eigenvalue weighted by Gasteiger charge is 2.28. The second kappa shape index (κ2) is 3.63. The van der Waals surface area contributed by atoms with E-state index in [0.717, 1.165) is 0 Å². The topological polar surface area (TPSA) is 96.4 Å². The summed E-state index contributed by atoms with van der Waals surface area (Å²) in [6, 6.07) is 2.98. The Kier molecular flexibility index (Phi) is 2.71. The Morgan fingerprint density at radius 3 is 2.86 bits per heavy atom. The zero-order chi connectivity index (χ0) is 10.8. The van der Waals surface area contributed by atoms with Gasteiger partial charge in [0.2, 0.25) is 0 Å². The standard InChI is InChI=1S/C9H12N2O3/c1-9(10,5-7(13)14)8-6(12)3-2-4-11-8/h2-4,12H,5,10H2,1H3,(H,13,14)/t9-/m0/s1. The van der Waals surface area contributed by atoms with E-state index in [-0.39, 0.29) is 17.9 Å². The number of carboxylic acids is 1. The van der Waals surface area contributed by atoms with Gasteiger partial charge in [0, 0.05) is 6.20 Å². The average Bonchev–Trinajstić information content (AvgIpc) is 2.02. The first-order chi connectivity index (χ1) is 6.43. The van der Waals surface area contributed by atoms with Crippen LogP contribution in [0, 0.1) is 0 Å². The first kappa shape index (κ1) is 10.5. The lowest BCUT2D eigenvalue weighted by atomic mass is 9.94. The molecule has 0 bridgehead atoms. The molecule has 5 heteroatoms. The van der Waals surface area contributed by atoms with E-state index in [1.807, 2.05) is 0 Å². The quantitative estimate of drug-likeness (QED) is 0.651. The zero-order valence-electron chi connectivity index (χ0n) is 7.77. The van der Waals surface area contributed by atoms with E-state index in [4.69, 9.17) is 10.8 Å². The number of carboxylic acid groups (broad SMARTS) is 1. The lowest BCUT2D eigenvalue weighted by Gasteiger charge is -2.22. The summed E-state index contributed by atoms with van der Waals surface area (Å²) in [5.41, 5.74) is 4.78. The van der Waals surface area contributed by atoms with E-state index >= 15 is 0 Å². The van der Waals surface area contributed by atoms with E-state index in [2.05, 4.69) is 4.98 Å². The van der Waals surface area contributed by atoms with Crippen molar-refractivity contribution in [3.8, 4) is 5.75 Å². The molecule has 0 saturated carbocycles. The third-order valence-electron chi connectivity index (χ3n) is 1.85. The van der Waals surface area contributed by atoms with Crippen LogP contribution in [0.25, 0.3) is 0 Å². The SMILES string of the molecule is C[C@](N)(CC(=O)O)c1ncccc1O. The molecule has 0 amide bonds. The van der Waals surface area contributed by atoms with Crippen LogP contribution in [0.5, 0.6) is 5.75 Å². The Labute approximate surface area is 81.2 Å². The molecule has 0 radical (unpaired) electrons. The third kappa shape index (κ3) is 2.20. The van der Waals surface area contributed by atoms with Crippen LogP contribution in [0.2, 0.25) is 0 Å². The van der Waals surface area contributed by atoms with Crippen molar-refractivity contribution in [1.29, 1.82) is 0 Å². The van der Waals surface area contributed by atoms with Gasteiger partial charge in [-0.2, -0.15) is 0 Å². The van der Waals surface area contributed by atoms with Gasteiger partial charge in [0.05, 0.1) is 12.0 Å². The number of aromatic hydroxyl groups is 1. The molecule has 5 nitrogen and oxygen atoms in total. The van der Waals surface area contributed by atoms with Crippen molar-refractivity contribution in [2.24, 2.45) is 5.73 Å². The number of carbonyl (C=O) groups is 1. The van der Waals surface area contributed by atoms with Crippen molar-refractivity contribution in [2.75, 3.05) is 0 Å². The Hall–Kier alpha value is -1.62. The van der Waals surface area contributed by atoms with E-state index in [9.17, 15) is 9.90 Å². The van der Waals surface area contributed by atoms with E-state index in [1.165, 1.54) is 19.2 Å². The summed E-state index contributed by atoms with van der Waals surface area (Å²) < 4.78 is 0. The normalized spacial score (nSPS) is 14.7. The number of nitrogens with two attached hydrogens (primary N) is 1. The summed E-state index contributed by atoms with van der Waals surface area (Å²) in [5.74, 6) is -1.11. The van der Waals surface area contributed by atoms with Crippen molar-refractivity contribution in [3.05, 3.63) is 24.0 Å². The number of hydrogen-bond acceptors (Lipinski definition) is 4. The fraction of sp³-hybridized carbons (Fsp3) is 0.333. The fourth-order valence-corrected chi connectivity index (χ4v) is 1.23. The fourth-order valence-electron chi connectivity index (χ4n) is 1.23. The maximum Gasteiger partial charge on any atom is 0.305 e. The third-order valence-corrected chi connectivity index (χ3v) is 1.85. The lowest BCUT2D eigenvalue weighted by Crippen LogP contribution is -2.36. The molecule has 0 aliphatic heterocycles. The predicted octanol–water partition coefficient (Wildman–Crippen LogP) is 0.436. The van der Waals surface area contributed by atoms with Gasteiger partial charge in [-0.25, -0.2) is 0 Å². The Balaban J connectivity index is 3.03. The molecule has 76 valence electrons. The van der Waals surface area contributed by atoms with Crippen LogP contribution < -0.4 is 5.73 Å². The molecule has 1 atom stereocenters. The monoisotopic (exact) mass is 196 g/mol. The van der Waals surface area contributed by atoms with Crippen LogP contribution >= 0.6 is 0 Å². The minimum Gasteiger partial charge on any atom is -0.506 e. The predicted molar refractivity (Wildman–Crippen MR) is 49.7 cm³/mol. The molecule has 0 fully saturated rings. The molecule has 1 rings (SSSR count). The Morgan fingerprint density at radius 2 is 2.36 bits per heavy atom.